The van der Waals surface area contributed by atoms with Gasteiger partial charge in [0.05, 0.1) is 11.9 Å². The maximum Gasteiger partial charge on any atom is 0.249 e. The summed E-state index contributed by atoms with van der Waals surface area (Å²) in [6.07, 6.45) is 1.60. The van der Waals surface area contributed by atoms with Gasteiger partial charge in [-0.2, -0.15) is 10.1 Å². The normalized spacial score (nSPS) is 10.5. The van der Waals surface area contributed by atoms with E-state index in [9.17, 15) is 4.39 Å². The van der Waals surface area contributed by atoms with Gasteiger partial charge in [-0.15, -0.1) is 5.10 Å². The predicted octanol–water partition coefficient (Wildman–Crippen LogP) is 4.22. The minimum Gasteiger partial charge on any atom is -0.325 e. The minimum atomic E-state index is -0.363. The van der Waals surface area contributed by atoms with E-state index in [1.165, 1.54) is 6.07 Å². The molecule has 0 atom stereocenters. The highest BCUT2D eigenvalue weighted by atomic mass is 19.1. The van der Waals surface area contributed by atoms with E-state index in [0.717, 1.165) is 17.8 Å². The highest BCUT2D eigenvalue weighted by Gasteiger charge is 2.11. The van der Waals surface area contributed by atoms with Crippen LogP contribution in [0.25, 0.3) is 0 Å². The molecule has 0 amide bonds. The molecule has 0 radical (unpaired) electrons. The van der Waals surface area contributed by atoms with Crippen molar-refractivity contribution in [3.63, 3.8) is 0 Å². The van der Waals surface area contributed by atoms with E-state index in [1.54, 1.807) is 24.4 Å². The zero-order valence-corrected chi connectivity index (χ0v) is 13.6. The zero-order chi connectivity index (χ0) is 16.9. The highest BCUT2D eigenvalue weighted by molar-refractivity contribution is 5.62. The summed E-state index contributed by atoms with van der Waals surface area (Å²) in [5, 5.41) is 10.8. The van der Waals surface area contributed by atoms with E-state index < -0.39 is 0 Å². The lowest BCUT2D eigenvalue weighted by Gasteiger charge is -2.22. The van der Waals surface area contributed by atoms with Crippen LogP contribution in [-0.4, -0.2) is 21.7 Å². The third-order valence-corrected chi connectivity index (χ3v) is 3.57. The summed E-state index contributed by atoms with van der Waals surface area (Å²) >= 11 is 0. The zero-order valence-electron chi connectivity index (χ0n) is 13.6. The average molecular weight is 323 g/mol. The number of hydrogen-bond acceptors (Lipinski definition) is 5. The maximum absolute atomic E-state index is 13.8. The van der Waals surface area contributed by atoms with Gasteiger partial charge in [-0.05, 0) is 43.7 Å². The SMILES string of the molecule is CCN(c1cccc(C)c1)c1cnnc(Nc2ccccc2F)n1. The number of benzene rings is 2. The number of halogens is 1. The second-order valence-electron chi connectivity index (χ2n) is 5.33. The quantitative estimate of drug-likeness (QED) is 0.762. The maximum atomic E-state index is 13.8. The first-order valence-corrected chi connectivity index (χ1v) is 7.73. The summed E-state index contributed by atoms with van der Waals surface area (Å²) in [4.78, 5) is 6.48. The molecule has 0 unspecified atom stereocenters. The number of para-hydroxylation sites is 1. The number of nitrogens with one attached hydrogen (secondary N) is 1. The van der Waals surface area contributed by atoms with Crippen LogP contribution in [0, 0.1) is 12.7 Å². The van der Waals surface area contributed by atoms with Crippen LogP contribution in [0.4, 0.5) is 27.5 Å². The molecule has 0 saturated heterocycles. The summed E-state index contributed by atoms with van der Waals surface area (Å²) in [6.45, 7) is 4.80. The fourth-order valence-corrected chi connectivity index (χ4v) is 2.43. The van der Waals surface area contributed by atoms with Crippen LogP contribution < -0.4 is 10.2 Å². The van der Waals surface area contributed by atoms with E-state index in [4.69, 9.17) is 0 Å². The van der Waals surface area contributed by atoms with Gasteiger partial charge >= 0.3 is 0 Å². The van der Waals surface area contributed by atoms with Crippen LogP contribution in [0.3, 0.4) is 0 Å². The molecule has 0 spiro atoms. The van der Waals surface area contributed by atoms with Crippen molar-refractivity contribution in [2.45, 2.75) is 13.8 Å². The standard InChI is InChI=1S/C18H18FN5/c1-3-24(14-8-6-7-13(2)11-14)17-12-20-23-18(22-17)21-16-10-5-4-9-15(16)19/h4-12H,3H2,1-2H3,(H,21,22,23). The molecule has 2 aromatic carbocycles. The lowest BCUT2D eigenvalue weighted by molar-refractivity contribution is 0.631. The van der Waals surface area contributed by atoms with Gasteiger partial charge in [-0.1, -0.05) is 24.3 Å². The average Bonchev–Trinajstić information content (AvgIpc) is 2.58. The number of rotatable bonds is 5. The van der Waals surface area contributed by atoms with Gasteiger partial charge in [0.25, 0.3) is 0 Å². The molecule has 3 aromatic rings. The molecule has 6 heteroatoms. The molecular formula is C18H18FN5. The monoisotopic (exact) mass is 323 g/mol. The van der Waals surface area contributed by atoms with Gasteiger partial charge in [-0.25, -0.2) is 4.39 Å². The Balaban J connectivity index is 1.90. The number of nitrogens with zero attached hydrogens (tertiary/aromatic N) is 4. The molecule has 0 aliphatic rings. The van der Waals surface area contributed by atoms with E-state index in [0.29, 0.717) is 11.5 Å². The molecule has 1 N–H and O–H groups in total. The van der Waals surface area contributed by atoms with Crippen molar-refractivity contribution in [1.29, 1.82) is 0 Å². The first-order valence-electron chi connectivity index (χ1n) is 7.73. The van der Waals surface area contributed by atoms with Gasteiger partial charge in [0.15, 0.2) is 5.82 Å². The number of aromatic nitrogens is 3. The molecule has 1 aromatic heterocycles. The molecule has 0 bridgehead atoms. The molecule has 3 rings (SSSR count). The topological polar surface area (TPSA) is 53.9 Å². The van der Waals surface area contributed by atoms with E-state index in [2.05, 4.69) is 26.6 Å². The predicted molar refractivity (Wildman–Crippen MR) is 93.4 cm³/mol. The molecule has 1 heterocycles. The van der Waals surface area contributed by atoms with Gasteiger partial charge < -0.3 is 10.2 Å². The van der Waals surface area contributed by atoms with Crippen molar-refractivity contribution in [3.05, 3.63) is 66.1 Å². The Bertz CT molecular complexity index is 837. The molecule has 24 heavy (non-hydrogen) atoms. The lowest BCUT2D eigenvalue weighted by Crippen LogP contribution is -2.18. The third-order valence-electron chi connectivity index (χ3n) is 3.57. The van der Waals surface area contributed by atoms with Crippen molar-refractivity contribution < 1.29 is 4.39 Å². The van der Waals surface area contributed by atoms with Crippen molar-refractivity contribution in [2.24, 2.45) is 0 Å². The van der Waals surface area contributed by atoms with Crippen molar-refractivity contribution in [1.82, 2.24) is 15.2 Å². The Morgan fingerprint density at radius 3 is 2.71 bits per heavy atom. The Morgan fingerprint density at radius 2 is 1.96 bits per heavy atom. The first-order chi connectivity index (χ1) is 11.7. The summed E-state index contributed by atoms with van der Waals surface area (Å²) < 4.78 is 13.8. The van der Waals surface area contributed by atoms with Crippen molar-refractivity contribution in [2.75, 3.05) is 16.8 Å². The fraction of sp³-hybridized carbons (Fsp3) is 0.167. The van der Waals surface area contributed by atoms with Gasteiger partial charge in [0, 0.05) is 12.2 Å². The molecule has 122 valence electrons. The van der Waals surface area contributed by atoms with E-state index in [1.807, 2.05) is 36.9 Å². The molecular weight excluding hydrogens is 305 g/mol. The number of aryl methyl sites for hydroxylation is 1. The highest BCUT2D eigenvalue weighted by Crippen LogP contribution is 2.25. The van der Waals surface area contributed by atoms with Crippen LogP contribution in [0.5, 0.6) is 0 Å². The van der Waals surface area contributed by atoms with Gasteiger partial charge in [0.1, 0.15) is 5.82 Å². The smallest absolute Gasteiger partial charge is 0.249 e. The molecule has 0 aliphatic carbocycles. The Hall–Kier alpha value is -3.02. The molecule has 5 nitrogen and oxygen atoms in total. The summed E-state index contributed by atoms with van der Waals surface area (Å²) in [5.74, 6) is 0.540. The van der Waals surface area contributed by atoms with E-state index >= 15 is 0 Å². The molecule has 0 fully saturated rings. The largest absolute Gasteiger partial charge is 0.325 e. The van der Waals surface area contributed by atoms with Crippen molar-refractivity contribution >= 4 is 23.1 Å². The second-order valence-corrected chi connectivity index (χ2v) is 5.33. The Labute approximate surface area is 140 Å². The van der Waals surface area contributed by atoms with Crippen LogP contribution >= 0.6 is 0 Å². The molecule has 0 saturated carbocycles. The third kappa shape index (κ3) is 3.48. The van der Waals surface area contributed by atoms with Crippen LogP contribution in [0.1, 0.15) is 12.5 Å². The Morgan fingerprint density at radius 1 is 1.12 bits per heavy atom. The first kappa shape index (κ1) is 15.9. The minimum absolute atomic E-state index is 0.253. The fourth-order valence-electron chi connectivity index (χ4n) is 2.43. The van der Waals surface area contributed by atoms with Crippen LogP contribution in [0.2, 0.25) is 0 Å². The summed E-state index contributed by atoms with van der Waals surface area (Å²) in [6, 6.07) is 14.5. The van der Waals surface area contributed by atoms with Crippen LogP contribution in [-0.2, 0) is 0 Å². The van der Waals surface area contributed by atoms with Gasteiger partial charge in [-0.3, -0.25) is 0 Å². The summed E-state index contributed by atoms with van der Waals surface area (Å²) in [7, 11) is 0. The number of hydrogen-bond donors (Lipinski definition) is 1. The molecule has 0 aliphatic heterocycles. The van der Waals surface area contributed by atoms with Crippen LogP contribution in [0.15, 0.2) is 54.7 Å². The van der Waals surface area contributed by atoms with Gasteiger partial charge in [0.2, 0.25) is 5.95 Å². The summed E-state index contributed by atoms with van der Waals surface area (Å²) in [5.41, 5.74) is 2.50. The van der Waals surface area contributed by atoms with Crippen molar-refractivity contribution in [3.8, 4) is 0 Å². The van der Waals surface area contributed by atoms with E-state index in [-0.39, 0.29) is 11.8 Å². The number of anilines is 4. The lowest BCUT2D eigenvalue weighted by atomic mass is 10.2. The Kier molecular flexibility index (Phi) is 4.65. The second kappa shape index (κ2) is 7.04.